The minimum absolute atomic E-state index is 0.0803. The van der Waals surface area contributed by atoms with Crippen LogP contribution in [0.1, 0.15) is 35.4 Å². The van der Waals surface area contributed by atoms with Crippen LogP contribution in [0.3, 0.4) is 0 Å². The number of thiophene rings is 1. The van der Waals surface area contributed by atoms with E-state index in [1.54, 1.807) is 24.4 Å². The van der Waals surface area contributed by atoms with Crippen molar-refractivity contribution in [3.8, 4) is 5.75 Å². The number of nitrogens with one attached hydrogen (secondary N) is 2. The Labute approximate surface area is 176 Å². The molecule has 0 bridgehead atoms. The van der Waals surface area contributed by atoms with Crippen LogP contribution in [0.4, 0.5) is 16.2 Å². The summed E-state index contributed by atoms with van der Waals surface area (Å²) >= 11 is 1.23. The zero-order chi connectivity index (χ0) is 20.7. The molecule has 1 aliphatic heterocycles. The predicted octanol–water partition coefficient (Wildman–Crippen LogP) is 3.68. The molecule has 2 aliphatic rings. The fourth-order valence-corrected chi connectivity index (χ4v) is 4.97. The molecule has 3 amide bonds. The standard InChI is InChI=1S/C21H20N4O4S/c26-13-6-4-5-12(11-13)23-19(27)18-17-16-15(9-10-22-20(16)30-18)25(21(28)24-17)29-14-7-2-1-3-8-14/h1-3,7-10,12-13,26H,4-6,11H2,(H,23,27)(H,24,28)/t12-,13-/m1/s1. The summed E-state index contributed by atoms with van der Waals surface area (Å²) < 4.78 is 0. The van der Waals surface area contributed by atoms with E-state index in [0.717, 1.165) is 19.3 Å². The van der Waals surface area contributed by atoms with Gasteiger partial charge in [0.1, 0.15) is 15.4 Å². The van der Waals surface area contributed by atoms with Crippen LogP contribution >= 0.6 is 11.3 Å². The largest absolute Gasteiger partial charge is 0.393 e. The topological polar surface area (TPSA) is 104 Å². The molecule has 3 aromatic rings. The Bertz CT molecular complexity index is 1120. The van der Waals surface area contributed by atoms with E-state index in [4.69, 9.17) is 4.84 Å². The van der Waals surface area contributed by atoms with Gasteiger partial charge in [0.15, 0.2) is 5.75 Å². The number of anilines is 2. The predicted molar refractivity (Wildman–Crippen MR) is 114 cm³/mol. The highest BCUT2D eigenvalue weighted by Gasteiger charge is 2.34. The summed E-state index contributed by atoms with van der Waals surface area (Å²) in [6.07, 6.45) is 4.22. The summed E-state index contributed by atoms with van der Waals surface area (Å²) in [6.45, 7) is 0. The second kappa shape index (κ2) is 7.58. The van der Waals surface area contributed by atoms with Gasteiger partial charge in [-0.05, 0) is 43.9 Å². The molecule has 2 aromatic heterocycles. The maximum Gasteiger partial charge on any atom is 0.359 e. The molecule has 1 fully saturated rings. The van der Waals surface area contributed by atoms with Crippen molar-refractivity contribution in [2.24, 2.45) is 0 Å². The van der Waals surface area contributed by atoms with Gasteiger partial charge < -0.3 is 20.6 Å². The number of aliphatic hydroxyl groups is 1. The number of carbonyl (C=O) groups excluding carboxylic acids is 2. The molecular formula is C21H20N4O4S. The van der Waals surface area contributed by atoms with E-state index in [2.05, 4.69) is 15.6 Å². The van der Waals surface area contributed by atoms with Crippen LogP contribution in [0.25, 0.3) is 10.2 Å². The number of para-hydroxylation sites is 1. The van der Waals surface area contributed by atoms with Crippen LogP contribution in [0.5, 0.6) is 5.75 Å². The van der Waals surface area contributed by atoms with Crippen molar-refractivity contribution in [3.63, 3.8) is 0 Å². The average molecular weight is 424 g/mol. The van der Waals surface area contributed by atoms with E-state index in [0.29, 0.717) is 38.6 Å². The Morgan fingerprint density at radius 3 is 2.90 bits per heavy atom. The van der Waals surface area contributed by atoms with E-state index in [-0.39, 0.29) is 18.1 Å². The lowest BCUT2D eigenvalue weighted by atomic mass is 9.93. The van der Waals surface area contributed by atoms with E-state index in [9.17, 15) is 14.7 Å². The van der Waals surface area contributed by atoms with Gasteiger partial charge in [-0.1, -0.05) is 18.2 Å². The van der Waals surface area contributed by atoms with Gasteiger partial charge in [-0.2, -0.15) is 0 Å². The molecule has 8 nitrogen and oxygen atoms in total. The summed E-state index contributed by atoms with van der Waals surface area (Å²) in [5.41, 5.74) is 0.982. The summed E-state index contributed by atoms with van der Waals surface area (Å²) in [6, 6.07) is 10.1. The van der Waals surface area contributed by atoms with Crippen LogP contribution in [0.15, 0.2) is 42.6 Å². The van der Waals surface area contributed by atoms with Gasteiger partial charge in [0, 0.05) is 12.2 Å². The number of nitrogens with zero attached hydrogens (tertiary/aromatic N) is 2. The molecule has 1 aliphatic carbocycles. The van der Waals surface area contributed by atoms with Crippen molar-refractivity contribution in [2.75, 3.05) is 10.4 Å². The number of rotatable bonds is 4. The van der Waals surface area contributed by atoms with Gasteiger partial charge in [0.2, 0.25) is 0 Å². The van der Waals surface area contributed by atoms with Crippen molar-refractivity contribution in [1.29, 1.82) is 0 Å². The highest BCUT2D eigenvalue weighted by molar-refractivity contribution is 7.21. The van der Waals surface area contributed by atoms with Gasteiger partial charge in [-0.3, -0.25) is 4.79 Å². The van der Waals surface area contributed by atoms with E-state index in [1.165, 1.54) is 16.4 Å². The highest BCUT2D eigenvalue weighted by atomic mass is 32.1. The van der Waals surface area contributed by atoms with Crippen molar-refractivity contribution in [2.45, 2.75) is 37.8 Å². The fourth-order valence-electron chi connectivity index (χ4n) is 3.95. The zero-order valence-electron chi connectivity index (χ0n) is 16.0. The zero-order valence-corrected chi connectivity index (χ0v) is 16.8. The van der Waals surface area contributed by atoms with E-state index >= 15 is 0 Å². The molecule has 9 heteroatoms. The number of aliphatic hydroxyl groups excluding tert-OH is 1. The number of urea groups is 1. The van der Waals surface area contributed by atoms with Gasteiger partial charge in [0.25, 0.3) is 5.91 Å². The van der Waals surface area contributed by atoms with Crippen LogP contribution in [0.2, 0.25) is 0 Å². The Morgan fingerprint density at radius 1 is 1.27 bits per heavy atom. The molecule has 3 heterocycles. The lowest BCUT2D eigenvalue weighted by molar-refractivity contribution is 0.0854. The summed E-state index contributed by atoms with van der Waals surface area (Å²) in [4.78, 5) is 37.0. The number of aromatic nitrogens is 1. The normalized spacial score (nSPS) is 20.7. The number of hydrogen-bond acceptors (Lipinski definition) is 6. The number of amides is 3. The quantitative estimate of drug-likeness (QED) is 0.593. The molecule has 1 aromatic carbocycles. The third-order valence-corrected chi connectivity index (χ3v) is 6.43. The van der Waals surface area contributed by atoms with Crippen molar-refractivity contribution in [1.82, 2.24) is 10.3 Å². The summed E-state index contributed by atoms with van der Waals surface area (Å²) in [7, 11) is 0. The minimum atomic E-state index is -0.487. The molecule has 3 N–H and O–H groups in total. The first kappa shape index (κ1) is 18.8. The molecular weight excluding hydrogens is 404 g/mol. The van der Waals surface area contributed by atoms with Gasteiger partial charge in [-0.15, -0.1) is 16.4 Å². The number of hydroxylamine groups is 1. The number of pyridine rings is 1. The molecule has 5 rings (SSSR count). The summed E-state index contributed by atoms with van der Waals surface area (Å²) in [5, 5.41) is 17.5. The van der Waals surface area contributed by atoms with Crippen LogP contribution in [-0.2, 0) is 0 Å². The molecule has 1 saturated carbocycles. The maximum absolute atomic E-state index is 13.0. The maximum atomic E-state index is 13.0. The monoisotopic (exact) mass is 424 g/mol. The number of carbonyl (C=O) groups is 2. The van der Waals surface area contributed by atoms with Gasteiger partial charge in [-0.25, -0.2) is 9.78 Å². The fraction of sp³-hybridized carbons (Fsp3) is 0.286. The molecule has 154 valence electrons. The van der Waals surface area contributed by atoms with Crippen LogP contribution in [-0.4, -0.2) is 34.2 Å². The van der Waals surface area contributed by atoms with Crippen molar-refractivity contribution >= 4 is 44.9 Å². The molecule has 30 heavy (non-hydrogen) atoms. The van der Waals surface area contributed by atoms with E-state index < -0.39 is 6.03 Å². The Morgan fingerprint density at radius 2 is 2.10 bits per heavy atom. The third-order valence-electron chi connectivity index (χ3n) is 5.33. The second-order valence-corrected chi connectivity index (χ2v) is 8.44. The van der Waals surface area contributed by atoms with Crippen molar-refractivity contribution in [3.05, 3.63) is 47.5 Å². The Kier molecular flexibility index (Phi) is 4.76. The second-order valence-electron chi connectivity index (χ2n) is 7.44. The summed E-state index contributed by atoms with van der Waals surface area (Å²) in [5.74, 6) is 0.251. The third kappa shape index (κ3) is 3.35. The van der Waals surface area contributed by atoms with Gasteiger partial charge in [0.05, 0.1) is 17.2 Å². The Hall–Kier alpha value is -3.17. The van der Waals surface area contributed by atoms with Gasteiger partial charge >= 0.3 is 6.03 Å². The number of hydrogen-bond donors (Lipinski definition) is 3. The van der Waals surface area contributed by atoms with Crippen LogP contribution < -0.4 is 20.5 Å². The lowest BCUT2D eigenvalue weighted by Crippen LogP contribution is -2.42. The molecule has 2 atom stereocenters. The SMILES string of the molecule is O=C(N[C@@H]1CCC[C@@H](O)C1)c1sc2nccc3c2c1NC(=O)N3Oc1ccccc1. The molecule has 0 saturated heterocycles. The lowest BCUT2D eigenvalue weighted by Gasteiger charge is -2.28. The first-order valence-corrected chi connectivity index (χ1v) is 10.7. The molecule has 0 radical (unpaired) electrons. The molecule has 0 unspecified atom stereocenters. The van der Waals surface area contributed by atoms with Crippen LogP contribution in [0, 0.1) is 0 Å². The highest BCUT2D eigenvalue weighted by Crippen LogP contribution is 2.43. The first-order chi connectivity index (χ1) is 14.6. The molecule has 0 spiro atoms. The smallest absolute Gasteiger partial charge is 0.359 e. The first-order valence-electron chi connectivity index (χ1n) is 9.84. The average Bonchev–Trinajstić information content (AvgIpc) is 3.11. The van der Waals surface area contributed by atoms with E-state index in [1.807, 2.05) is 18.2 Å². The number of benzene rings is 1. The van der Waals surface area contributed by atoms with Crippen molar-refractivity contribution < 1.29 is 19.5 Å². The Balaban J connectivity index is 1.48. The minimum Gasteiger partial charge on any atom is -0.393 e.